The van der Waals surface area contributed by atoms with Gasteiger partial charge in [-0.05, 0) is 18.6 Å². The van der Waals surface area contributed by atoms with Crippen LogP contribution < -0.4 is 5.36 Å². The summed E-state index contributed by atoms with van der Waals surface area (Å²) in [5.74, 6) is 0. The first-order valence-corrected chi connectivity index (χ1v) is 4.22. The van der Waals surface area contributed by atoms with Crippen LogP contribution in [-0.4, -0.2) is 15.1 Å². The molecule has 0 atom stereocenters. The number of aryl methyl sites for hydroxylation is 1. The van der Waals surface area contributed by atoms with E-state index >= 15 is 0 Å². The molecule has 1 heterocycles. The van der Waals surface area contributed by atoms with Crippen molar-refractivity contribution in [2.75, 3.05) is 0 Å². The van der Waals surface area contributed by atoms with E-state index in [4.69, 9.17) is 5.21 Å². The number of hydrogen-bond acceptors (Lipinski definition) is 3. The second-order valence-corrected chi connectivity index (χ2v) is 3.12. The van der Waals surface area contributed by atoms with Gasteiger partial charge in [-0.25, -0.2) is 0 Å². The largest absolute Gasteiger partial charge is 0.428 e. The van der Waals surface area contributed by atoms with Crippen molar-refractivity contribution in [3.8, 4) is 0 Å². The fourth-order valence-electron chi connectivity index (χ4n) is 1.56. The molecule has 4 nitrogen and oxygen atoms in total. The molecule has 14 heavy (non-hydrogen) atoms. The van der Waals surface area contributed by atoms with Gasteiger partial charge in [-0.3, -0.25) is 0 Å². The zero-order valence-electron chi connectivity index (χ0n) is 7.68. The van der Waals surface area contributed by atoms with Gasteiger partial charge in [-0.15, -0.1) is 0 Å². The Bertz CT molecular complexity index is 535. The molecule has 4 heteroatoms. The highest BCUT2D eigenvalue weighted by molar-refractivity contribution is 5.81. The lowest BCUT2D eigenvalue weighted by molar-refractivity contribution is 0.197. The normalized spacial score (nSPS) is 12.2. The molecule has 2 N–H and O–H groups in total. The van der Waals surface area contributed by atoms with Crippen LogP contribution in [0.15, 0.2) is 35.6 Å². The highest BCUT2D eigenvalue weighted by Gasteiger charge is 2.02. The fourth-order valence-corrected chi connectivity index (χ4v) is 1.56. The lowest BCUT2D eigenvalue weighted by Gasteiger charge is -2.06. The molecule has 2 rings (SSSR count). The number of benzene rings is 1. The second-order valence-electron chi connectivity index (χ2n) is 3.12. The van der Waals surface area contributed by atoms with E-state index in [0.717, 1.165) is 15.7 Å². The molecule has 0 spiro atoms. The average Bonchev–Trinajstić information content (AvgIpc) is 2.18. The molecular formula is C10H10N2O2. The van der Waals surface area contributed by atoms with Crippen LogP contribution in [-0.2, 0) is 0 Å². The van der Waals surface area contributed by atoms with Crippen molar-refractivity contribution >= 4 is 10.9 Å². The Morgan fingerprint density at radius 2 is 2.07 bits per heavy atom. The minimum absolute atomic E-state index is 0.453. The van der Waals surface area contributed by atoms with Gasteiger partial charge in [-0.2, -0.15) is 4.73 Å². The molecule has 0 aliphatic carbocycles. The van der Waals surface area contributed by atoms with Gasteiger partial charge < -0.3 is 10.4 Å². The van der Waals surface area contributed by atoms with Gasteiger partial charge in [0.2, 0.25) is 0 Å². The standard InChI is InChI=1S/C10H10N2O2/c1-7-3-2-4-8-9(11-13)5-6-12(14)10(7)8/h2-6,13-14H,1H3/b11-9+. The van der Waals surface area contributed by atoms with Crippen LogP contribution in [0, 0.1) is 6.92 Å². The van der Waals surface area contributed by atoms with E-state index in [0.29, 0.717) is 10.9 Å². The van der Waals surface area contributed by atoms with Crippen molar-refractivity contribution in [3.05, 3.63) is 41.4 Å². The average molecular weight is 190 g/mol. The Morgan fingerprint density at radius 3 is 2.79 bits per heavy atom. The van der Waals surface area contributed by atoms with Gasteiger partial charge in [0, 0.05) is 11.6 Å². The van der Waals surface area contributed by atoms with E-state index in [1.165, 1.54) is 6.20 Å². The molecule has 2 aromatic rings. The molecule has 0 aliphatic rings. The zero-order chi connectivity index (χ0) is 10.1. The summed E-state index contributed by atoms with van der Waals surface area (Å²) in [6, 6.07) is 7.08. The van der Waals surface area contributed by atoms with E-state index in [2.05, 4.69) is 5.16 Å². The third-order valence-corrected chi connectivity index (χ3v) is 2.22. The summed E-state index contributed by atoms with van der Waals surface area (Å²) in [7, 11) is 0. The summed E-state index contributed by atoms with van der Waals surface area (Å²) in [5, 5.41) is 22.6. The summed E-state index contributed by atoms with van der Waals surface area (Å²) in [4.78, 5) is 0. The number of aromatic nitrogens is 1. The maximum Gasteiger partial charge on any atom is 0.113 e. The summed E-state index contributed by atoms with van der Waals surface area (Å²) in [6.45, 7) is 1.89. The third kappa shape index (κ3) is 1.12. The Balaban J connectivity index is 3.07. The van der Waals surface area contributed by atoms with Crippen LogP contribution >= 0.6 is 0 Å². The first-order chi connectivity index (χ1) is 6.74. The summed E-state index contributed by atoms with van der Waals surface area (Å²) in [5.41, 5.74) is 1.58. The van der Waals surface area contributed by atoms with Crippen molar-refractivity contribution in [2.45, 2.75) is 6.92 Å². The lowest BCUT2D eigenvalue weighted by Crippen LogP contribution is -2.08. The quantitative estimate of drug-likeness (QED) is 0.375. The van der Waals surface area contributed by atoms with Gasteiger partial charge in [0.15, 0.2) is 0 Å². The van der Waals surface area contributed by atoms with Crippen molar-refractivity contribution in [2.24, 2.45) is 5.16 Å². The van der Waals surface area contributed by atoms with Gasteiger partial charge in [-0.1, -0.05) is 23.4 Å². The van der Waals surface area contributed by atoms with E-state index in [1.807, 2.05) is 19.1 Å². The molecule has 1 aromatic heterocycles. The summed E-state index contributed by atoms with van der Waals surface area (Å²) >= 11 is 0. The number of nitrogens with zero attached hydrogens (tertiary/aromatic N) is 2. The van der Waals surface area contributed by atoms with Crippen molar-refractivity contribution < 1.29 is 10.4 Å². The van der Waals surface area contributed by atoms with Gasteiger partial charge in [0.1, 0.15) is 5.36 Å². The molecule has 1 aromatic carbocycles. The molecule has 0 saturated carbocycles. The Hall–Kier alpha value is -1.97. The molecule has 72 valence electrons. The number of pyridine rings is 1. The van der Waals surface area contributed by atoms with Gasteiger partial charge in [0.25, 0.3) is 0 Å². The molecule has 0 aliphatic heterocycles. The lowest BCUT2D eigenvalue weighted by atomic mass is 10.1. The van der Waals surface area contributed by atoms with Crippen LogP contribution in [0.2, 0.25) is 0 Å². The summed E-state index contributed by atoms with van der Waals surface area (Å²) < 4.78 is 1.03. The maximum atomic E-state index is 9.57. The number of fused-ring (bicyclic) bond motifs is 1. The van der Waals surface area contributed by atoms with Crippen LogP contribution in [0.4, 0.5) is 0 Å². The molecule has 0 radical (unpaired) electrons. The van der Waals surface area contributed by atoms with E-state index in [-0.39, 0.29) is 0 Å². The van der Waals surface area contributed by atoms with Gasteiger partial charge in [0.05, 0.1) is 5.52 Å². The number of rotatable bonds is 0. The van der Waals surface area contributed by atoms with Crippen molar-refractivity contribution in [1.29, 1.82) is 0 Å². The molecular weight excluding hydrogens is 180 g/mol. The zero-order valence-corrected chi connectivity index (χ0v) is 7.68. The van der Waals surface area contributed by atoms with Crippen molar-refractivity contribution in [1.82, 2.24) is 4.73 Å². The van der Waals surface area contributed by atoms with Crippen LogP contribution in [0.5, 0.6) is 0 Å². The van der Waals surface area contributed by atoms with E-state index in [9.17, 15) is 5.21 Å². The van der Waals surface area contributed by atoms with Crippen molar-refractivity contribution in [3.63, 3.8) is 0 Å². The molecule has 0 saturated heterocycles. The predicted molar refractivity (Wildman–Crippen MR) is 51.2 cm³/mol. The van der Waals surface area contributed by atoms with Gasteiger partial charge >= 0.3 is 0 Å². The van der Waals surface area contributed by atoms with E-state index in [1.54, 1.807) is 12.1 Å². The Morgan fingerprint density at radius 1 is 1.29 bits per heavy atom. The van der Waals surface area contributed by atoms with Crippen LogP contribution in [0.25, 0.3) is 10.9 Å². The molecule has 0 fully saturated rings. The molecule has 0 bridgehead atoms. The third-order valence-electron chi connectivity index (χ3n) is 2.22. The number of para-hydroxylation sites is 1. The SMILES string of the molecule is Cc1cccc2/c(=N/O)ccn(O)c12. The van der Waals surface area contributed by atoms with E-state index < -0.39 is 0 Å². The second kappa shape index (κ2) is 3.06. The summed E-state index contributed by atoms with van der Waals surface area (Å²) in [6.07, 6.45) is 1.45. The first kappa shape index (κ1) is 8.62. The topological polar surface area (TPSA) is 57.8 Å². The van der Waals surface area contributed by atoms with Crippen LogP contribution in [0.3, 0.4) is 0 Å². The molecule has 0 unspecified atom stereocenters. The smallest absolute Gasteiger partial charge is 0.113 e. The minimum atomic E-state index is 0.453. The van der Waals surface area contributed by atoms with Crippen LogP contribution in [0.1, 0.15) is 5.56 Å². The molecule has 0 amide bonds. The predicted octanol–water partition coefficient (Wildman–Crippen LogP) is 1.48. The highest BCUT2D eigenvalue weighted by atomic mass is 16.5. The highest BCUT2D eigenvalue weighted by Crippen LogP contribution is 2.13. The minimum Gasteiger partial charge on any atom is -0.428 e. The number of hydrogen-bond donors (Lipinski definition) is 2. The first-order valence-electron chi connectivity index (χ1n) is 4.22. The Kier molecular flexibility index (Phi) is 1.89. The Labute approximate surface area is 80.3 Å². The fraction of sp³-hybridized carbons (Fsp3) is 0.100. The maximum absolute atomic E-state index is 9.57. The monoisotopic (exact) mass is 190 g/mol.